The van der Waals surface area contributed by atoms with E-state index < -0.39 is 17.6 Å². The van der Waals surface area contributed by atoms with Crippen LogP contribution in [0.1, 0.15) is 16.7 Å². The Morgan fingerprint density at radius 3 is 2.42 bits per heavy atom. The standard InChI is InChI=1S/C25H18ClFN2O2/c1-15-6-8-17(9-7-15)22-23(28-13-12-16-4-2-3-5-21(16)28)25(31)29(24(22)30)18-10-11-20(27)19(26)14-18/h2-11,14H,12-13H2,1H3. The molecule has 2 amide bonds. The second-order valence-electron chi connectivity index (χ2n) is 7.66. The maximum absolute atomic E-state index is 13.7. The van der Waals surface area contributed by atoms with E-state index in [0.717, 1.165) is 34.2 Å². The minimum absolute atomic E-state index is 0.144. The molecule has 0 aromatic heterocycles. The first-order valence-corrected chi connectivity index (χ1v) is 10.3. The monoisotopic (exact) mass is 432 g/mol. The number of nitrogens with zero attached hydrogens (tertiary/aromatic N) is 2. The minimum Gasteiger partial charge on any atom is -0.336 e. The molecule has 2 aliphatic rings. The van der Waals surface area contributed by atoms with Crippen LogP contribution in [0.25, 0.3) is 5.57 Å². The summed E-state index contributed by atoms with van der Waals surface area (Å²) in [6.07, 6.45) is 0.782. The van der Waals surface area contributed by atoms with E-state index in [1.165, 1.54) is 12.1 Å². The maximum atomic E-state index is 13.7. The highest BCUT2D eigenvalue weighted by Crippen LogP contribution is 2.40. The van der Waals surface area contributed by atoms with Crippen LogP contribution >= 0.6 is 11.6 Å². The topological polar surface area (TPSA) is 40.6 Å². The number of para-hydroxylation sites is 1. The van der Waals surface area contributed by atoms with E-state index in [2.05, 4.69) is 0 Å². The summed E-state index contributed by atoms with van der Waals surface area (Å²) in [5.74, 6) is -1.50. The van der Waals surface area contributed by atoms with Gasteiger partial charge in [0.1, 0.15) is 11.5 Å². The van der Waals surface area contributed by atoms with Crippen LogP contribution in [-0.4, -0.2) is 18.4 Å². The van der Waals surface area contributed by atoms with Gasteiger partial charge in [0.2, 0.25) is 0 Å². The number of hydrogen-bond acceptors (Lipinski definition) is 3. The summed E-state index contributed by atoms with van der Waals surface area (Å²) in [6.45, 7) is 2.56. The predicted molar refractivity (Wildman–Crippen MR) is 119 cm³/mol. The molecule has 0 fully saturated rings. The number of fused-ring (bicyclic) bond motifs is 1. The van der Waals surface area contributed by atoms with Crippen LogP contribution in [0.2, 0.25) is 5.02 Å². The summed E-state index contributed by atoms with van der Waals surface area (Å²) in [4.78, 5) is 30.2. The van der Waals surface area contributed by atoms with E-state index in [4.69, 9.17) is 11.6 Å². The van der Waals surface area contributed by atoms with Gasteiger partial charge in [0.25, 0.3) is 11.8 Å². The van der Waals surface area contributed by atoms with Gasteiger partial charge in [0, 0.05) is 12.2 Å². The van der Waals surface area contributed by atoms with Crippen LogP contribution in [0.4, 0.5) is 15.8 Å². The first-order chi connectivity index (χ1) is 15.0. The van der Waals surface area contributed by atoms with Crippen molar-refractivity contribution < 1.29 is 14.0 Å². The molecular formula is C25H18ClFN2O2. The third-order valence-electron chi connectivity index (χ3n) is 5.72. The fourth-order valence-electron chi connectivity index (χ4n) is 4.18. The van der Waals surface area contributed by atoms with Crippen molar-refractivity contribution in [2.75, 3.05) is 16.3 Å². The fourth-order valence-corrected chi connectivity index (χ4v) is 4.35. The number of halogens is 2. The first-order valence-electron chi connectivity index (χ1n) is 9.96. The Labute approximate surface area is 184 Å². The van der Waals surface area contributed by atoms with Crippen molar-refractivity contribution in [3.63, 3.8) is 0 Å². The molecule has 0 saturated carbocycles. The molecule has 3 aromatic rings. The zero-order valence-electron chi connectivity index (χ0n) is 16.7. The highest BCUT2D eigenvalue weighted by Gasteiger charge is 2.44. The molecule has 0 radical (unpaired) electrons. The number of rotatable bonds is 3. The van der Waals surface area contributed by atoms with E-state index in [1.54, 1.807) is 0 Å². The minimum atomic E-state index is -0.607. The van der Waals surface area contributed by atoms with Crippen molar-refractivity contribution >= 4 is 40.4 Å². The largest absolute Gasteiger partial charge is 0.336 e. The van der Waals surface area contributed by atoms with Crippen LogP contribution in [-0.2, 0) is 16.0 Å². The molecule has 154 valence electrons. The van der Waals surface area contributed by atoms with Gasteiger partial charge in [-0.25, -0.2) is 9.29 Å². The molecule has 0 saturated heterocycles. The Bertz CT molecular complexity index is 1270. The van der Waals surface area contributed by atoms with Gasteiger partial charge in [-0.05, 0) is 48.7 Å². The lowest BCUT2D eigenvalue weighted by atomic mass is 10.0. The average molecular weight is 433 g/mol. The second kappa shape index (κ2) is 7.36. The molecule has 6 heteroatoms. The molecule has 0 bridgehead atoms. The summed E-state index contributed by atoms with van der Waals surface area (Å²) in [7, 11) is 0. The quantitative estimate of drug-likeness (QED) is 0.538. The average Bonchev–Trinajstić information content (AvgIpc) is 3.29. The van der Waals surface area contributed by atoms with Gasteiger partial charge in [-0.2, -0.15) is 0 Å². The number of carbonyl (C=O) groups is 2. The van der Waals surface area contributed by atoms with Crippen molar-refractivity contribution in [1.82, 2.24) is 0 Å². The molecule has 0 N–H and O–H groups in total. The Balaban J connectivity index is 1.68. The zero-order chi connectivity index (χ0) is 21.7. The van der Waals surface area contributed by atoms with Crippen molar-refractivity contribution in [1.29, 1.82) is 0 Å². The summed E-state index contributed by atoms with van der Waals surface area (Å²) in [6, 6.07) is 19.2. The van der Waals surface area contributed by atoms with Gasteiger partial charge in [-0.15, -0.1) is 0 Å². The number of benzene rings is 3. The molecule has 5 rings (SSSR count). The van der Waals surface area contributed by atoms with Crippen LogP contribution in [0, 0.1) is 12.7 Å². The van der Waals surface area contributed by atoms with E-state index in [1.807, 2.05) is 60.4 Å². The van der Waals surface area contributed by atoms with Gasteiger partial charge >= 0.3 is 0 Å². The van der Waals surface area contributed by atoms with Gasteiger partial charge < -0.3 is 4.90 Å². The summed E-state index contributed by atoms with van der Waals surface area (Å²) in [5, 5.41) is -0.144. The van der Waals surface area contributed by atoms with E-state index in [-0.39, 0.29) is 10.7 Å². The molecule has 0 atom stereocenters. The molecule has 0 spiro atoms. The second-order valence-corrected chi connectivity index (χ2v) is 8.07. The van der Waals surface area contributed by atoms with Gasteiger partial charge in [-0.1, -0.05) is 59.6 Å². The molecule has 2 aliphatic heterocycles. The molecule has 0 unspecified atom stereocenters. The Morgan fingerprint density at radius 2 is 1.68 bits per heavy atom. The van der Waals surface area contributed by atoms with Gasteiger partial charge in [-0.3, -0.25) is 9.59 Å². The zero-order valence-corrected chi connectivity index (χ0v) is 17.5. The normalized spacial score (nSPS) is 15.8. The van der Waals surface area contributed by atoms with E-state index >= 15 is 0 Å². The number of imide groups is 1. The lowest BCUT2D eigenvalue weighted by Crippen LogP contribution is -2.34. The summed E-state index contributed by atoms with van der Waals surface area (Å²) >= 11 is 5.94. The van der Waals surface area contributed by atoms with Crippen LogP contribution < -0.4 is 9.80 Å². The molecule has 31 heavy (non-hydrogen) atoms. The molecule has 3 aromatic carbocycles. The predicted octanol–water partition coefficient (Wildman–Crippen LogP) is 5.13. The molecular weight excluding hydrogens is 415 g/mol. The van der Waals surface area contributed by atoms with Crippen molar-refractivity contribution in [3.8, 4) is 0 Å². The van der Waals surface area contributed by atoms with Crippen molar-refractivity contribution in [2.45, 2.75) is 13.3 Å². The number of anilines is 2. The van der Waals surface area contributed by atoms with Gasteiger partial charge in [0.05, 0.1) is 16.3 Å². The molecule has 0 aliphatic carbocycles. The third-order valence-corrected chi connectivity index (χ3v) is 6.01. The highest BCUT2D eigenvalue weighted by molar-refractivity contribution is 6.46. The Hall–Kier alpha value is -3.44. The van der Waals surface area contributed by atoms with Gasteiger partial charge in [0.15, 0.2) is 0 Å². The van der Waals surface area contributed by atoms with Crippen LogP contribution in [0.3, 0.4) is 0 Å². The van der Waals surface area contributed by atoms with E-state index in [9.17, 15) is 14.0 Å². The Kier molecular flexibility index (Phi) is 4.63. The van der Waals surface area contributed by atoms with Crippen LogP contribution in [0.15, 0.2) is 72.4 Å². The molecule has 4 nitrogen and oxygen atoms in total. The SMILES string of the molecule is Cc1ccc(C2=C(N3CCc4ccccc43)C(=O)N(c3ccc(F)c(Cl)c3)C2=O)cc1. The van der Waals surface area contributed by atoms with Crippen molar-refractivity contribution in [2.24, 2.45) is 0 Å². The number of carbonyl (C=O) groups excluding carboxylic acids is 2. The van der Waals surface area contributed by atoms with Crippen LogP contribution in [0.5, 0.6) is 0 Å². The maximum Gasteiger partial charge on any atom is 0.282 e. The lowest BCUT2D eigenvalue weighted by molar-refractivity contribution is -0.120. The lowest BCUT2D eigenvalue weighted by Gasteiger charge is -2.22. The summed E-state index contributed by atoms with van der Waals surface area (Å²) in [5.41, 5.74) is 4.68. The fraction of sp³-hybridized carbons (Fsp3) is 0.120. The first kappa shape index (κ1) is 19.5. The third kappa shape index (κ3) is 3.13. The van der Waals surface area contributed by atoms with E-state index in [0.29, 0.717) is 23.4 Å². The highest BCUT2D eigenvalue weighted by atomic mass is 35.5. The summed E-state index contributed by atoms with van der Waals surface area (Å²) < 4.78 is 13.7. The number of aryl methyl sites for hydroxylation is 1. The smallest absolute Gasteiger partial charge is 0.282 e. The molecule has 2 heterocycles. The number of amides is 2. The number of hydrogen-bond donors (Lipinski definition) is 0. The van der Waals surface area contributed by atoms with Crippen molar-refractivity contribution in [3.05, 3.63) is 100.0 Å². The Morgan fingerprint density at radius 1 is 0.935 bits per heavy atom.